The molecule has 13 heteroatoms. The number of nitrogens with zero attached hydrogens (tertiary/aromatic N) is 6. The van der Waals surface area contributed by atoms with Gasteiger partial charge < -0.3 is 19.9 Å². The van der Waals surface area contributed by atoms with Gasteiger partial charge in [-0.25, -0.2) is 27.9 Å². The van der Waals surface area contributed by atoms with Gasteiger partial charge in [-0.15, -0.1) is 0 Å². The van der Waals surface area contributed by atoms with Crippen molar-refractivity contribution in [3.8, 4) is 6.01 Å². The van der Waals surface area contributed by atoms with Crippen LogP contribution >= 0.6 is 0 Å². The summed E-state index contributed by atoms with van der Waals surface area (Å²) in [5, 5.41) is 6.81. The summed E-state index contributed by atoms with van der Waals surface area (Å²) in [4.78, 5) is 37.1. The van der Waals surface area contributed by atoms with Crippen LogP contribution in [0.5, 0.6) is 6.01 Å². The second kappa shape index (κ2) is 9.13. The molecule has 0 bridgehead atoms. The lowest BCUT2D eigenvalue weighted by Crippen LogP contribution is -2.47. The molecule has 3 amide bonds. The molecule has 0 aliphatic carbocycles. The molecular weight excluding hydrogens is 479 g/mol. The Balaban J connectivity index is 1.35. The lowest BCUT2D eigenvalue weighted by atomic mass is 10.1. The molecule has 4 heterocycles. The highest BCUT2D eigenvalue weighted by atomic mass is 19.2. The minimum atomic E-state index is -1.61. The number of amides is 3. The topological polar surface area (TPSA) is 105 Å². The summed E-state index contributed by atoms with van der Waals surface area (Å²) < 4.78 is 48.0. The first-order valence-corrected chi connectivity index (χ1v) is 11.3. The molecule has 0 unspecified atom stereocenters. The van der Waals surface area contributed by atoms with Crippen LogP contribution in [-0.2, 0) is 17.9 Å². The molecule has 2 aromatic heterocycles. The molecule has 5 rings (SSSR count). The highest BCUT2D eigenvalue weighted by molar-refractivity contribution is 5.97. The molecule has 2 aliphatic heterocycles. The van der Waals surface area contributed by atoms with Crippen LogP contribution in [0, 0.1) is 17.5 Å². The van der Waals surface area contributed by atoms with E-state index in [1.54, 1.807) is 41.2 Å². The van der Waals surface area contributed by atoms with Crippen molar-refractivity contribution >= 4 is 23.3 Å². The Morgan fingerprint density at radius 1 is 1.14 bits per heavy atom. The van der Waals surface area contributed by atoms with Crippen LogP contribution in [0.2, 0.25) is 0 Å². The summed E-state index contributed by atoms with van der Waals surface area (Å²) in [6, 6.07) is 1.94. The number of rotatable bonds is 4. The van der Waals surface area contributed by atoms with Crippen LogP contribution in [0.15, 0.2) is 36.8 Å². The van der Waals surface area contributed by atoms with Crippen LogP contribution in [0.4, 0.5) is 29.3 Å². The third kappa shape index (κ3) is 4.20. The molecule has 0 spiro atoms. The highest BCUT2D eigenvalue weighted by Gasteiger charge is 2.42. The molecule has 10 nitrogen and oxygen atoms in total. The van der Waals surface area contributed by atoms with Gasteiger partial charge in [-0.05, 0) is 19.9 Å². The summed E-state index contributed by atoms with van der Waals surface area (Å²) in [7, 11) is 0. The van der Waals surface area contributed by atoms with E-state index >= 15 is 0 Å². The fraction of sp³-hybridized carbons (Fsp3) is 0.348. The Morgan fingerprint density at radius 3 is 2.53 bits per heavy atom. The van der Waals surface area contributed by atoms with E-state index in [1.807, 2.05) is 6.92 Å². The average molecular weight is 501 g/mol. The number of halogens is 3. The fourth-order valence-corrected chi connectivity index (χ4v) is 4.49. The quantitative estimate of drug-likeness (QED) is 0.551. The highest BCUT2D eigenvalue weighted by Crippen LogP contribution is 2.34. The molecule has 36 heavy (non-hydrogen) atoms. The second-order valence-electron chi connectivity index (χ2n) is 8.72. The van der Waals surface area contributed by atoms with E-state index in [4.69, 9.17) is 4.74 Å². The maximum Gasteiger partial charge on any atom is 0.322 e. The number of hydrogen-bond acceptors (Lipinski definition) is 6. The molecule has 0 saturated carbocycles. The van der Waals surface area contributed by atoms with Crippen molar-refractivity contribution in [2.24, 2.45) is 0 Å². The van der Waals surface area contributed by atoms with Crippen molar-refractivity contribution in [1.82, 2.24) is 24.6 Å². The zero-order valence-corrected chi connectivity index (χ0v) is 19.4. The van der Waals surface area contributed by atoms with Gasteiger partial charge in [0.05, 0.1) is 49.2 Å². The number of carbonyl (C=O) groups is 2. The maximum atomic E-state index is 13.6. The van der Waals surface area contributed by atoms with Crippen molar-refractivity contribution < 1.29 is 27.5 Å². The third-order valence-corrected chi connectivity index (χ3v) is 6.36. The van der Waals surface area contributed by atoms with Gasteiger partial charge in [0.1, 0.15) is 6.10 Å². The Kier molecular flexibility index (Phi) is 5.98. The number of fused-ring (bicyclic) bond motifs is 1. The van der Waals surface area contributed by atoms with Crippen LogP contribution in [-0.4, -0.2) is 54.8 Å². The number of ether oxygens (including phenoxy) is 1. The number of urea groups is 1. The van der Waals surface area contributed by atoms with Crippen LogP contribution < -0.4 is 15.0 Å². The number of anilines is 2. The molecule has 3 atom stereocenters. The van der Waals surface area contributed by atoms with E-state index < -0.39 is 29.6 Å². The molecule has 3 aromatic rings. The van der Waals surface area contributed by atoms with Crippen molar-refractivity contribution in [3.05, 3.63) is 59.9 Å². The SMILES string of the molecule is C[C@H]1Cn2ncc(N3C(=O)C[C@H](Oc4ncccn4)[C@@H]3C)c2CN1C(=O)Nc1cc(F)c(F)c(F)c1. The Labute approximate surface area is 203 Å². The molecule has 1 aromatic carbocycles. The standard InChI is InChI=1S/C23H22F3N7O3/c1-12-10-32-18(11-31(12)23(35)30-14-6-15(24)21(26)16(25)7-14)17(9-29-32)33-13(2)19(8-20(33)34)36-22-27-4-3-5-28-22/h3-7,9,12-13,19H,8,10-11H2,1-2H3,(H,30,35)/t12-,13-,19-/m0/s1. The first kappa shape index (κ1) is 23.6. The molecule has 1 fully saturated rings. The van der Waals surface area contributed by atoms with Crippen LogP contribution in [0.1, 0.15) is 26.0 Å². The van der Waals surface area contributed by atoms with Gasteiger partial charge in [-0.3, -0.25) is 9.48 Å². The van der Waals surface area contributed by atoms with E-state index in [0.717, 1.165) is 0 Å². The van der Waals surface area contributed by atoms with Crippen molar-refractivity contribution in [1.29, 1.82) is 0 Å². The second-order valence-corrected chi connectivity index (χ2v) is 8.72. The Bertz CT molecular complexity index is 1300. The van der Waals surface area contributed by atoms with E-state index in [0.29, 0.717) is 30.1 Å². The molecule has 2 aliphatic rings. The van der Waals surface area contributed by atoms with Gasteiger partial charge in [0.15, 0.2) is 17.5 Å². The summed E-state index contributed by atoms with van der Waals surface area (Å²) >= 11 is 0. The van der Waals surface area contributed by atoms with Crippen LogP contribution in [0.3, 0.4) is 0 Å². The largest absolute Gasteiger partial charge is 0.457 e. The lowest BCUT2D eigenvalue weighted by Gasteiger charge is -2.35. The van der Waals surface area contributed by atoms with Gasteiger partial charge in [0, 0.05) is 30.2 Å². The normalized spacial score (nSPS) is 21.5. The number of carbonyl (C=O) groups excluding carboxylic acids is 2. The molecule has 1 saturated heterocycles. The predicted molar refractivity (Wildman–Crippen MR) is 121 cm³/mol. The van der Waals surface area contributed by atoms with Gasteiger partial charge in [-0.2, -0.15) is 5.10 Å². The number of benzene rings is 1. The van der Waals surface area contributed by atoms with Crippen molar-refractivity contribution in [2.75, 3.05) is 10.2 Å². The van der Waals surface area contributed by atoms with Crippen LogP contribution in [0.25, 0.3) is 0 Å². The maximum absolute atomic E-state index is 13.6. The Morgan fingerprint density at radius 2 is 1.83 bits per heavy atom. The monoisotopic (exact) mass is 501 g/mol. The minimum absolute atomic E-state index is 0.0817. The number of nitrogens with one attached hydrogen (secondary N) is 1. The predicted octanol–water partition coefficient (Wildman–Crippen LogP) is 3.10. The van der Waals surface area contributed by atoms with E-state index in [1.165, 1.54) is 4.90 Å². The summed E-state index contributed by atoms with van der Waals surface area (Å²) in [5.41, 5.74) is 0.946. The first-order chi connectivity index (χ1) is 17.2. The van der Waals surface area contributed by atoms with E-state index in [2.05, 4.69) is 20.4 Å². The first-order valence-electron chi connectivity index (χ1n) is 11.3. The minimum Gasteiger partial charge on any atom is -0.457 e. The molecule has 0 radical (unpaired) electrons. The van der Waals surface area contributed by atoms with E-state index in [9.17, 15) is 22.8 Å². The third-order valence-electron chi connectivity index (χ3n) is 6.36. The summed E-state index contributed by atoms with van der Waals surface area (Å²) in [6.45, 7) is 4.06. The van der Waals surface area contributed by atoms with Gasteiger partial charge in [-0.1, -0.05) is 0 Å². The molecule has 188 valence electrons. The molecular formula is C23H22F3N7O3. The van der Waals surface area contributed by atoms with Gasteiger partial charge in [0.2, 0.25) is 5.91 Å². The zero-order chi connectivity index (χ0) is 25.6. The zero-order valence-electron chi connectivity index (χ0n) is 19.4. The van der Waals surface area contributed by atoms with Gasteiger partial charge in [0.25, 0.3) is 0 Å². The number of aromatic nitrogens is 4. The summed E-state index contributed by atoms with van der Waals surface area (Å²) in [5.74, 6) is -4.60. The Hall–Kier alpha value is -4.16. The lowest BCUT2D eigenvalue weighted by molar-refractivity contribution is -0.117. The average Bonchev–Trinajstić information content (AvgIpc) is 3.36. The summed E-state index contributed by atoms with van der Waals surface area (Å²) in [6.07, 6.45) is 4.30. The van der Waals surface area contributed by atoms with Crippen molar-refractivity contribution in [2.45, 2.75) is 51.5 Å². The van der Waals surface area contributed by atoms with Gasteiger partial charge >= 0.3 is 12.0 Å². The fourth-order valence-electron chi connectivity index (χ4n) is 4.49. The van der Waals surface area contributed by atoms with E-state index in [-0.39, 0.29) is 42.7 Å². The molecule has 1 N–H and O–H groups in total. The smallest absolute Gasteiger partial charge is 0.322 e. The van der Waals surface area contributed by atoms with Crippen molar-refractivity contribution in [3.63, 3.8) is 0 Å². The number of hydrogen-bond donors (Lipinski definition) is 1.